The van der Waals surface area contributed by atoms with Gasteiger partial charge in [-0.15, -0.1) is 0 Å². The number of carbonyl (C=O) groups is 1. The number of nitrogens with zero attached hydrogens (tertiary/aromatic N) is 5. The SMILES string of the molecule is CS[C@H]1CCN(CC(=O)C2CCN(c3ccc(-c4ncccn4)cn3)CC2)C1. The largest absolute Gasteiger partial charge is 0.357 e. The van der Waals surface area contributed by atoms with E-state index >= 15 is 0 Å². The van der Waals surface area contributed by atoms with E-state index in [0.717, 1.165) is 50.4 Å². The molecule has 4 heterocycles. The van der Waals surface area contributed by atoms with Crippen LogP contribution in [-0.4, -0.2) is 69.9 Å². The van der Waals surface area contributed by atoms with Gasteiger partial charge in [0.2, 0.25) is 0 Å². The zero-order chi connectivity index (χ0) is 19.3. The number of piperidine rings is 1. The summed E-state index contributed by atoms with van der Waals surface area (Å²) >= 11 is 1.92. The van der Waals surface area contributed by atoms with Crippen LogP contribution in [0.4, 0.5) is 5.82 Å². The molecule has 0 amide bonds. The molecule has 1 atom stereocenters. The number of pyridine rings is 1. The van der Waals surface area contributed by atoms with Crippen LogP contribution in [-0.2, 0) is 4.79 Å². The van der Waals surface area contributed by atoms with Gasteiger partial charge in [-0.05, 0) is 50.3 Å². The van der Waals surface area contributed by atoms with E-state index in [1.165, 1.54) is 6.42 Å². The smallest absolute Gasteiger partial charge is 0.160 e. The highest BCUT2D eigenvalue weighted by atomic mass is 32.2. The summed E-state index contributed by atoms with van der Waals surface area (Å²) in [6.07, 6.45) is 10.5. The topological polar surface area (TPSA) is 62.2 Å². The van der Waals surface area contributed by atoms with Crippen molar-refractivity contribution in [3.8, 4) is 11.4 Å². The van der Waals surface area contributed by atoms with Crippen molar-refractivity contribution in [3.63, 3.8) is 0 Å². The minimum atomic E-state index is 0.196. The predicted octanol–water partition coefficient (Wildman–Crippen LogP) is 2.76. The minimum Gasteiger partial charge on any atom is -0.357 e. The summed E-state index contributed by atoms with van der Waals surface area (Å²) in [5.41, 5.74) is 0.920. The molecule has 0 spiro atoms. The molecule has 0 N–H and O–H groups in total. The zero-order valence-electron chi connectivity index (χ0n) is 16.3. The van der Waals surface area contributed by atoms with E-state index in [9.17, 15) is 4.79 Å². The van der Waals surface area contributed by atoms with Crippen molar-refractivity contribution in [2.75, 3.05) is 43.9 Å². The van der Waals surface area contributed by atoms with E-state index < -0.39 is 0 Å². The van der Waals surface area contributed by atoms with E-state index in [4.69, 9.17) is 0 Å². The Labute approximate surface area is 170 Å². The van der Waals surface area contributed by atoms with E-state index in [1.807, 2.05) is 36.2 Å². The molecular weight excluding hydrogens is 370 g/mol. The second-order valence-electron chi connectivity index (χ2n) is 7.59. The molecule has 0 aromatic carbocycles. The number of hydrogen-bond acceptors (Lipinski definition) is 7. The monoisotopic (exact) mass is 397 g/mol. The molecule has 2 fully saturated rings. The van der Waals surface area contributed by atoms with Crippen LogP contribution in [0.3, 0.4) is 0 Å². The molecule has 148 valence electrons. The van der Waals surface area contributed by atoms with Crippen LogP contribution >= 0.6 is 11.8 Å². The van der Waals surface area contributed by atoms with Gasteiger partial charge in [-0.25, -0.2) is 15.0 Å². The molecule has 28 heavy (non-hydrogen) atoms. The van der Waals surface area contributed by atoms with Crippen LogP contribution in [0, 0.1) is 5.92 Å². The molecule has 4 rings (SSSR count). The summed E-state index contributed by atoms with van der Waals surface area (Å²) in [5, 5.41) is 0.699. The number of Topliss-reactive ketones (excluding diaryl/α,β-unsaturated/α-hetero) is 1. The first kappa shape index (κ1) is 19.3. The lowest BCUT2D eigenvalue weighted by atomic mass is 9.92. The Balaban J connectivity index is 1.28. The van der Waals surface area contributed by atoms with E-state index in [0.29, 0.717) is 23.4 Å². The van der Waals surface area contributed by atoms with Crippen LogP contribution in [0.5, 0.6) is 0 Å². The Morgan fingerprint density at radius 3 is 2.54 bits per heavy atom. The Kier molecular flexibility index (Phi) is 6.22. The van der Waals surface area contributed by atoms with Crippen molar-refractivity contribution in [1.29, 1.82) is 0 Å². The van der Waals surface area contributed by atoms with Crippen molar-refractivity contribution in [1.82, 2.24) is 19.9 Å². The van der Waals surface area contributed by atoms with Gasteiger partial charge >= 0.3 is 0 Å². The van der Waals surface area contributed by atoms with Crippen molar-refractivity contribution >= 4 is 23.4 Å². The van der Waals surface area contributed by atoms with E-state index in [1.54, 1.807) is 12.4 Å². The van der Waals surface area contributed by atoms with Crippen molar-refractivity contribution in [3.05, 3.63) is 36.8 Å². The van der Waals surface area contributed by atoms with Crippen LogP contribution in [0.25, 0.3) is 11.4 Å². The molecule has 2 aliphatic heterocycles. The summed E-state index contributed by atoms with van der Waals surface area (Å²) in [5.74, 6) is 2.27. The van der Waals surface area contributed by atoms with Gasteiger partial charge in [0.05, 0.1) is 6.54 Å². The molecule has 0 unspecified atom stereocenters. The molecule has 6 nitrogen and oxygen atoms in total. The maximum atomic E-state index is 12.7. The lowest BCUT2D eigenvalue weighted by Crippen LogP contribution is -2.40. The van der Waals surface area contributed by atoms with Gasteiger partial charge in [0, 0.05) is 55.0 Å². The zero-order valence-corrected chi connectivity index (χ0v) is 17.1. The van der Waals surface area contributed by atoms with Crippen LogP contribution in [0.1, 0.15) is 19.3 Å². The average Bonchev–Trinajstić information content (AvgIpc) is 3.22. The van der Waals surface area contributed by atoms with Gasteiger partial charge in [-0.2, -0.15) is 11.8 Å². The number of carbonyl (C=O) groups excluding carboxylic acids is 1. The number of rotatable bonds is 6. The van der Waals surface area contributed by atoms with Gasteiger partial charge < -0.3 is 4.90 Å². The summed E-state index contributed by atoms with van der Waals surface area (Å²) in [7, 11) is 0. The Morgan fingerprint density at radius 1 is 1.11 bits per heavy atom. The number of likely N-dealkylation sites (tertiary alicyclic amines) is 1. The maximum Gasteiger partial charge on any atom is 0.160 e. The van der Waals surface area contributed by atoms with Gasteiger partial charge in [-0.3, -0.25) is 9.69 Å². The minimum absolute atomic E-state index is 0.196. The first-order chi connectivity index (χ1) is 13.7. The summed E-state index contributed by atoms with van der Waals surface area (Å²) in [6, 6.07) is 5.85. The van der Waals surface area contributed by atoms with Gasteiger partial charge in [0.1, 0.15) is 11.6 Å². The van der Waals surface area contributed by atoms with E-state index in [-0.39, 0.29) is 5.92 Å². The fourth-order valence-electron chi connectivity index (χ4n) is 4.07. The lowest BCUT2D eigenvalue weighted by Gasteiger charge is -2.32. The highest BCUT2D eigenvalue weighted by Crippen LogP contribution is 2.25. The summed E-state index contributed by atoms with van der Waals surface area (Å²) in [4.78, 5) is 30.4. The molecule has 0 saturated carbocycles. The predicted molar refractivity (Wildman–Crippen MR) is 114 cm³/mol. The number of hydrogen-bond donors (Lipinski definition) is 0. The number of anilines is 1. The van der Waals surface area contributed by atoms with Crippen LogP contribution in [0.15, 0.2) is 36.8 Å². The van der Waals surface area contributed by atoms with Crippen molar-refractivity contribution in [2.45, 2.75) is 24.5 Å². The third-order valence-electron chi connectivity index (χ3n) is 5.79. The quantitative estimate of drug-likeness (QED) is 0.743. The van der Waals surface area contributed by atoms with E-state index in [2.05, 4.69) is 31.0 Å². The maximum absolute atomic E-state index is 12.7. The molecule has 2 aliphatic rings. The normalized spacial score (nSPS) is 21.2. The number of ketones is 1. The highest BCUT2D eigenvalue weighted by Gasteiger charge is 2.29. The molecule has 0 radical (unpaired) electrons. The third-order valence-corrected chi connectivity index (χ3v) is 6.84. The second kappa shape index (κ2) is 9.01. The standard InChI is InChI=1S/C21H27N5OS/c1-28-18-7-10-25(14-18)15-19(27)16-5-11-26(12-6-16)20-4-3-17(13-24-20)21-22-8-2-9-23-21/h2-4,8-9,13,16,18H,5-7,10-12,14-15H2,1H3/t18-/m0/s1. The Hall–Kier alpha value is -1.99. The second-order valence-corrected chi connectivity index (χ2v) is 8.72. The van der Waals surface area contributed by atoms with Crippen molar-refractivity contribution < 1.29 is 4.79 Å². The van der Waals surface area contributed by atoms with Crippen molar-refractivity contribution in [2.24, 2.45) is 5.92 Å². The van der Waals surface area contributed by atoms with Crippen LogP contribution in [0.2, 0.25) is 0 Å². The first-order valence-corrected chi connectivity index (χ1v) is 11.3. The molecule has 2 aromatic heterocycles. The average molecular weight is 398 g/mol. The summed E-state index contributed by atoms with van der Waals surface area (Å²) < 4.78 is 0. The molecule has 2 aromatic rings. The Morgan fingerprint density at radius 2 is 1.89 bits per heavy atom. The lowest BCUT2D eigenvalue weighted by molar-refractivity contribution is -0.124. The molecule has 7 heteroatoms. The summed E-state index contributed by atoms with van der Waals surface area (Å²) in [6.45, 7) is 4.53. The number of aromatic nitrogens is 3. The molecule has 0 bridgehead atoms. The van der Waals surface area contributed by atoms with Crippen LogP contribution < -0.4 is 4.90 Å². The molecule has 2 saturated heterocycles. The fourth-order valence-corrected chi connectivity index (χ4v) is 4.77. The first-order valence-electron chi connectivity index (χ1n) is 9.99. The third kappa shape index (κ3) is 4.52. The Bertz CT molecular complexity index is 777. The molecule has 0 aliphatic carbocycles. The molecular formula is C21H27N5OS. The number of thioether (sulfide) groups is 1. The van der Waals surface area contributed by atoms with Gasteiger partial charge in [0.25, 0.3) is 0 Å². The van der Waals surface area contributed by atoms with Gasteiger partial charge in [0.15, 0.2) is 5.82 Å². The highest BCUT2D eigenvalue weighted by molar-refractivity contribution is 7.99. The fraction of sp³-hybridized carbons (Fsp3) is 0.524. The van der Waals surface area contributed by atoms with Gasteiger partial charge in [-0.1, -0.05) is 0 Å².